The fourth-order valence-electron chi connectivity index (χ4n) is 1.86. The molecule has 2 N–H and O–H groups in total. The Morgan fingerprint density at radius 1 is 1.67 bits per heavy atom. The third kappa shape index (κ3) is 4.18. The lowest BCUT2D eigenvalue weighted by Gasteiger charge is -2.27. The summed E-state index contributed by atoms with van der Waals surface area (Å²) in [6.45, 7) is 4.23. The number of hydrogen-bond acceptors (Lipinski definition) is 3. The second kappa shape index (κ2) is 6.08. The predicted octanol–water partition coefficient (Wildman–Crippen LogP) is 0.215. The van der Waals surface area contributed by atoms with Crippen LogP contribution in [0, 0.1) is 5.92 Å². The van der Waals surface area contributed by atoms with Crippen LogP contribution in [-0.2, 0) is 4.79 Å². The standard InChI is InChI=1S/C11H22N2O2/c1-9(14)5-7-13(2)11(15)10-4-3-6-12-8-10/h9-10,12,14H,3-8H2,1-2H3/t9?,10-/m1/s1. The minimum Gasteiger partial charge on any atom is -0.393 e. The third-order valence-electron chi connectivity index (χ3n) is 2.90. The van der Waals surface area contributed by atoms with Gasteiger partial charge in [0.2, 0.25) is 5.91 Å². The van der Waals surface area contributed by atoms with Crippen molar-refractivity contribution in [1.82, 2.24) is 10.2 Å². The first-order valence-electron chi connectivity index (χ1n) is 5.75. The monoisotopic (exact) mass is 214 g/mol. The Balaban J connectivity index is 2.30. The third-order valence-corrected chi connectivity index (χ3v) is 2.90. The molecule has 1 amide bonds. The maximum absolute atomic E-state index is 11.9. The minimum absolute atomic E-state index is 0.137. The largest absolute Gasteiger partial charge is 0.393 e. The molecule has 1 heterocycles. The van der Waals surface area contributed by atoms with Crippen LogP contribution < -0.4 is 5.32 Å². The zero-order valence-corrected chi connectivity index (χ0v) is 9.70. The van der Waals surface area contributed by atoms with Crippen LogP contribution in [-0.4, -0.2) is 48.7 Å². The lowest BCUT2D eigenvalue weighted by molar-refractivity contribution is -0.134. The van der Waals surface area contributed by atoms with E-state index >= 15 is 0 Å². The molecule has 0 aromatic carbocycles. The molecule has 1 unspecified atom stereocenters. The van der Waals surface area contributed by atoms with Crippen molar-refractivity contribution in [2.24, 2.45) is 5.92 Å². The summed E-state index contributed by atoms with van der Waals surface area (Å²) in [5, 5.41) is 12.4. The van der Waals surface area contributed by atoms with Gasteiger partial charge in [0, 0.05) is 20.1 Å². The molecule has 1 rings (SSSR count). The van der Waals surface area contributed by atoms with Crippen molar-refractivity contribution in [3.63, 3.8) is 0 Å². The lowest BCUT2D eigenvalue weighted by Crippen LogP contribution is -2.42. The highest BCUT2D eigenvalue weighted by molar-refractivity contribution is 5.78. The maximum atomic E-state index is 11.9. The Hall–Kier alpha value is -0.610. The summed E-state index contributed by atoms with van der Waals surface area (Å²) >= 11 is 0. The number of aliphatic hydroxyl groups is 1. The molecule has 0 radical (unpaired) electrons. The first-order valence-corrected chi connectivity index (χ1v) is 5.75. The quantitative estimate of drug-likeness (QED) is 0.703. The van der Waals surface area contributed by atoms with Crippen LogP contribution in [0.1, 0.15) is 26.2 Å². The second-order valence-electron chi connectivity index (χ2n) is 4.44. The van der Waals surface area contributed by atoms with Gasteiger partial charge in [0.05, 0.1) is 12.0 Å². The van der Waals surface area contributed by atoms with Crippen LogP contribution in [0.2, 0.25) is 0 Å². The average Bonchev–Trinajstić information content (AvgIpc) is 2.26. The molecule has 88 valence electrons. The number of hydrogen-bond donors (Lipinski definition) is 2. The van der Waals surface area contributed by atoms with Gasteiger partial charge in [0.25, 0.3) is 0 Å². The van der Waals surface area contributed by atoms with Crippen LogP contribution in [0.25, 0.3) is 0 Å². The Kier molecular flexibility index (Phi) is 5.05. The number of nitrogens with one attached hydrogen (secondary N) is 1. The summed E-state index contributed by atoms with van der Waals surface area (Å²) in [7, 11) is 1.82. The van der Waals surface area contributed by atoms with E-state index in [1.807, 2.05) is 7.05 Å². The van der Waals surface area contributed by atoms with Gasteiger partial charge in [-0.05, 0) is 32.7 Å². The molecular weight excluding hydrogens is 192 g/mol. The summed E-state index contributed by atoms with van der Waals surface area (Å²) in [4.78, 5) is 13.7. The van der Waals surface area contributed by atoms with E-state index in [1.165, 1.54) is 0 Å². The van der Waals surface area contributed by atoms with Crippen molar-refractivity contribution in [3.05, 3.63) is 0 Å². The van der Waals surface area contributed by atoms with Gasteiger partial charge in [-0.25, -0.2) is 0 Å². The molecule has 2 atom stereocenters. The second-order valence-corrected chi connectivity index (χ2v) is 4.44. The highest BCUT2D eigenvalue weighted by Gasteiger charge is 2.23. The molecule has 0 aromatic rings. The zero-order chi connectivity index (χ0) is 11.3. The smallest absolute Gasteiger partial charge is 0.226 e. The van der Waals surface area contributed by atoms with Gasteiger partial charge in [-0.15, -0.1) is 0 Å². The molecule has 0 aromatic heterocycles. The highest BCUT2D eigenvalue weighted by Crippen LogP contribution is 2.12. The van der Waals surface area contributed by atoms with E-state index in [0.29, 0.717) is 13.0 Å². The van der Waals surface area contributed by atoms with E-state index in [-0.39, 0.29) is 17.9 Å². The van der Waals surface area contributed by atoms with Crippen molar-refractivity contribution in [2.75, 3.05) is 26.7 Å². The maximum Gasteiger partial charge on any atom is 0.226 e. The summed E-state index contributed by atoms with van der Waals surface area (Å²) in [5.41, 5.74) is 0. The molecule has 0 spiro atoms. The van der Waals surface area contributed by atoms with Crippen molar-refractivity contribution in [2.45, 2.75) is 32.3 Å². The average molecular weight is 214 g/mol. The molecule has 1 aliphatic rings. The van der Waals surface area contributed by atoms with Gasteiger partial charge >= 0.3 is 0 Å². The summed E-state index contributed by atoms with van der Waals surface area (Å²) in [6.07, 6.45) is 2.40. The molecule has 0 aliphatic carbocycles. The number of aliphatic hydroxyl groups excluding tert-OH is 1. The molecule has 1 aliphatic heterocycles. The number of nitrogens with zero attached hydrogens (tertiary/aromatic N) is 1. The molecule has 1 fully saturated rings. The summed E-state index contributed by atoms with van der Waals surface area (Å²) in [5.74, 6) is 0.348. The molecule has 0 bridgehead atoms. The van der Waals surface area contributed by atoms with Crippen LogP contribution >= 0.6 is 0 Å². The Bertz CT molecular complexity index is 201. The minimum atomic E-state index is -0.329. The van der Waals surface area contributed by atoms with E-state index in [9.17, 15) is 4.79 Å². The Morgan fingerprint density at radius 3 is 2.93 bits per heavy atom. The first kappa shape index (κ1) is 12.5. The number of rotatable bonds is 4. The molecular formula is C11H22N2O2. The summed E-state index contributed by atoms with van der Waals surface area (Å²) in [6, 6.07) is 0. The van der Waals surface area contributed by atoms with Crippen molar-refractivity contribution in [1.29, 1.82) is 0 Å². The Morgan fingerprint density at radius 2 is 2.40 bits per heavy atom. The number of carbonyl (C=O) groups excluding carboxylic acids is 1. The lowest BCUT2D eigenvalue weighted by atomic mass is 9.98. The van der Waals surface area contributed by atoms with E-state index in [0.717, 1.165) is 25.9 Å². The topological polar surface area (TPSA) is 52.6 Å². The molecule has 4 nitrogen and oxygen atoms in total. The van der Waals surface area contributed by atoms with Crippen molar-refractivity contribution in [3.8, 4) is 0 Å². The fraction of sp³-hybridized carbons (Fsp3) is 0.909. The van der Waals surface area contributed by atoms with E-state index in [4.69, 9.17) is 5.11 Å². The molecule has 1 saturated heterocycles. The van der Waals surface area contributed by atoms with Gasteiger partial charge in [0.1, 0.15) is 0 Å². The van der Waals surface area contributed by atoms with Crippen molar-refractivity contribution >= 4 is 5.91 Å². The van der Waals surface area contributed by atoms with E-state index < -0.39 is 0 Å². The molecule has 4 heteroatoms. The van der Waals surface area contributed by atoms with Crippen LogP contribution in [0.4, 0.5) is 0 Å². The molecule has 15 heavy (non-hydrogen) atoms. The normalized spacial score (nSPS) is 23.5. The number of carbonyl (C=O) groups is 1. The number of amides is 1. The van der Waals surface area contributed by atoms with E-state index in [2.05, 4.69) is 5.32 Å². The fourth-order valence-corrected chi connectivity index (χ4v) is 1.86. The molecule has 0 saturated carbocycles. The van der Waals surface area contributed by atoms with Gasteiger partial charge in [-0.3, -0.25) is 4.79 Å². The van der Waals surface area contributed by atoms with E-state index in [1.54, 1.807) is 11.8 Å². The Labute approximate surface area is 91.6 Å². The SMILES string of the molecule is CC(O)CCN(C)C(=O)[C@@H]1CCCNC1. The van der Waals surface area contributed by atoms with Crippen LogP contribution in [0.5, 0.6) is 0 Å². The predicted molar refractivity (Wildman–Crippen MR) is 59.5 cm³/mol. The van der Waals surface area contributed by atoms with Gasteiger partial charge in [0.15, 0.2) is 0 Å². The van der Waals surface area contributed by atoms with Crippen molar-refractivity contribution < 1.29 is 9.90 Å². The summed E-state index contributed by atoms with van der Waals surface area (Å²) < 4.78 is 0. The zero-order valence-electron chi connectivity index (χ0n) is 9.70. The van der Waals surface area contributed by atoms with Crippen LogP contribution in [0.15, 0.2) is 0 Å². The highest BCUT2D eigenvalue weighted by atomic mass is 16.3. The van der Waals surface area contributed by atoms with Gasteiger partial charge in [-0.1, -0.05) is 0 Å². The van der Waals surface area contributed by atoms with Gasteiger partial charge < -0.3 is 15.3 Å². The van der Waals surface area contributed by atoms with Crippen LogP contribution in [0.3, 0.4) is 0 Å². The first-order chi connectivity index (χ1) is 7.11. The number of piperidine rings is 1. The van der Waals surface area contributed by atoms with Gasteiger partial charge in [-0.2, -0.15) is 0 Å².